The van der Waals surface area contributed by atoms with Gasteiger partial charge in [-0.25, -0.2) is 4.79 Å². The van der Waals surface area contributed by atoms with E-state index in [0.717, 1.165) is 11.3 Å². The van der Waals surface area contributed by atoms with Gasteiger partial charge in [-0.1, -0.05) is 30.3 Å². The third kappa shape index (κ3) is 3.69. The molecule has 3 amide bonds. The predicted molar refractivity (Wildman–Crippen MR) is 71.2 cm³/mol. The maximum absolute atomic E-state index is 12.0. The Morgan fingerprint density at radius 3 is 2.55 bits per heavy atom. The van der Waals surface area contributed by atoms with E-state index in [1.807, 2.05) is 36.4 Å². The third-order valence-corrected chi connectivity index (χ3v) is 2.82. The summed E-state index contributed by atoms with van der Waals surface area (Å²) in [5, 5.41) is 3.89. The van der Waals surface area contributed by atoms with Crippen molar-refractivity contribution in [3.63, 3.8) is 0 Å². The highest BCUT2D eigenvalue weighted by Gasteiger charge is 2.25. The van der Waals surface area contributed by atoms with Crippen molar-refractivity contribution in [2.24, 2.45) is 5.73 Å². The van der Waals surface area contributed by atoms with Crippen LogP contribution >= 0.6 is 0 Å². The van der Waals surface area contributed by atoms with Gasteiger partial charge in [0.2, 0.25) is 0 Å². The van der Waals surface area contributed by atoms with Gasteiger partial charge in [-0.15, -0.1) is 0 Å². The lowest BCUT2D eigenvalue weighted by molar-refractivity contribution is -0.699. The first-order valence-electron chi connectivity index (χ1n) is 6.18. The molecule has 0 radical (unpaired) electrons. The number of amides is 3. The zero-order valence-electron chi connectivity index (χ0n) is 10.8. The lowest BCUT2D eigenvalue weighted by atomic mass is 10.1. The molecule has 0 saturated heterocycles. The number of nitrogens with two attached hydrogens (primary N) is 2. The molecule has 0 bridgehead atoms. The number of furan rings is 1. The molecule has 0 aliphatic carbocycles. The van der Waals surface area contributed by atoms with E-state index in [-0.39, 0.29) is 0 Å². The van der Waals surface area contributed by atoms with E-state index in [1.165, 1.54) is 0 Å². The topological polar surface area (TPSA) is 102 Å². The molecular weight excluding hydrogens is 258 g/mol. The average Bonchev–Trinajstić information content (AvgIpc) is 2.92. The molecule has 6 heteroatoms. The number of hydrogen-bond acceptors (Lipinski definition) is 3. The molecule has 5 N–H and O–H groups in total. The summed E-state index contributed by atoms with van der Waals surface area (Å²) in [5.74, 6) is 0.299. The summed E-state index contributed by atoms with van der Waals surface area (Å²) < 4.78 is 5.23. The van der Waals surface area contributed by atoms with E-state index >= 15 is 0 Å². The van der Waals surface area contributed by atoms with E-state index in [1.54, 1.807) is 17.6 Å². The molecule has 1 heterocycles. The van der Waals surface area contributed by atoms with Crippen LogP contribution in [0.15, 0.2) is 53.1 Å². The second-order valence-electron chi connectivity index (χ2n) is 4.26. The second kappa shape index (κ2) is 6.53. The molecule has 0 saturated carbocycles. The normalized spacial score (nSPS) is 11.8. The lowest BCUT2D eigenvalue weighted by Crippen LogP contribution is -2.86. The summed E-state index contributed by atoms with van der Waals surface area (Å²) in [4.78, 5) is 22.9. The number of carbonyl (C=O) groups excluding carboxylic acids is 2. The Hall–Kier alpha value is -2.60. The Bertz CT molecular complexity index is 567. The van der Waals surface area contributed by atoms with Crippen molar-refractivity contribution in [1.82, 2.24) is 5.32 Å². The van der Waals surface area contributed by atoms with Crippen molar-refractivity contribution in [3.8, 4) is 0 Å². The number of benzene rings is 1. The van der Waals surface area contributed by atoms with Gasteiger partial charge in [-0.3, -0.25) is 10.1 Å². The SMILES string of the molecule is NC(=O)NC(=O)[C@@H]([NH2+]Cc1ccco1)c1ccccc1. The minimum Gasteiger partial charge on any atom is -0.463 e. The van der Waals surface area contributed by atoms with Crippen LogP contribution in [0.25, 0.3) is 0 Å². The third-order valence-electron chi connectivity index (χ3n) is 2.82. The first kappa shape index (κ1) is 13.8. The van der Waals surface area contributed by atoms with Gasteiger partial charge in [-0.2, -0.15) is 0 Å². The Morgan fingerprint density at radius 1 is 1.20 bits per heavy atom. The van der Waals surface area contributed by atoms with Gasteiger partial charge in [0.1, 0.15) is 6.54 Å². The van der Waals surface area contributed by atoms with Gasteiger partial charge < -0.3 is 15.5 Å². The highest BCUT2D eigenvalue weighted by atomic mass is 16.3. The van der Waals surface area contributed by atoms with Gasteiger partial charge >= 0.3 is 6.03 Å². The lowest BCUT2D eigenvalue weighted by Gasteiger charge is -2.14. The number of rotatable bonds is 5. The summed E-state index contributed by atoms with van der Waals surface area (Å²) in [5.41, 5.74) is 5.79. The van der Waals surface area contributed by atoms with Gasteiger partial charge in [-0.05, 0) is 12.1 Å². The number of primary amides is 1. The molecule has 0 fully saturated rings. The molecule has 0 aliphatic heterocycles. The van der Waals surface area contributed by atoms with Gasteiger partial charge in [0.25, 0.3) is 5.91 Å². The summed E-state index contributed by atoms with van der Waals surface area (Å²) in [7, 11) is 0. The van der Waals surface area contributed by atoms with Crippen LogP contribution in [-0.2, 0) is 11.3 Å². The fourth-order valence-electron chi connectivity index (χ4n) is 1.92. The van der Waals surface area contributed by atoms with Crippen LogP contribution in [-0.4, -0.2) is 11.9 Å². The highest BCUT2D eigenvalue weighted by Crippen LogP contribution is 2.09. The fourth-order valence-corrected chi connectivity index (χ4v) is 1.92. The number of hydrogen-bond donors (Lipinski definition) is 3. The van der Waals surface area contributed by atoms with Gasteiger partial charge in [0, 0.05) is 5.56 Å². The molecule has 2 rings (SSSR count). The minimum atomic E-state index is -0.859. The number of nitrogens with one attached hydrogen (secondary N) is 1. The van der Waals surface area contributed by atoms with E-state index in [0.29, 0.717) is 6.54 Å². The van der Waals surface area contributed by atoms with Crippen LogP contribution in [0.3, 0.4) is 0 Å². The van der Waals surface area contributed by atoms with Crippen LogP contribution in [0.2, 0.25) is 0 Å². The van der Waals surface area contributed by atoms with Crippen LogP contribution in [0.4, 0.5) is 4.79 Å². The van der Waals surface area contributed by atoms with E-state index in [2.05, 4.69) is 5.32 Å². The molecule has 1 aromatic heterocycles. The fraction of sp³-hybridized carbons (Fsp3) is 0.143. The summed E-state index contributed by atoms with van der Waals surface area (Å²) >= 11 is 0. The van der Waals surface area contributed by atoms with Crippen molar-refractivity contribution >= 4 is 11.9 Å². The molecule has 1 aromatic carbocycles. The monoisotopic (exact) mass is 274 g/mol. The molecule has 20 heavy (non-hydrogen) atoms. The zero-order chi connectivity index (χ0) is 14.4. The largest absolute Gasteiger partial charge is 0.463 e. The zero-order valence-corrected chi connectivity index (χ0v) is 10.8. The quantitative estimate of drug-likeness (QED) is 0.729. The molecule has 0 aliphatic rings. The van der Waals surface area contributed by atoms with Crippen LogP contribution in [0, 0.1) is 0 Å². The number of urea groups is 1. The smallest absolute Gasteiger partial charge is 0.319 e. The number of carbonyl (C=O) groups is 2. The summed E-state index contributed by atoms with van der Waals surface area (Å²) in [6.45, 7) is 0.485. The standard InChI is InChI=1S/C14H15N3O3/c15-14(19)17-13(18)12(10-5-2-1-3-6-10)16-9-11-7-4-8-20-11/h1-8,12,16H,9H2,(H3,15,17,18,19)/p+1/t12-/m0/s1. The van der Waals surface area contributed by atoms with E-state index in [4.69, 9.17) is 10.2 Å². The molecule has 6 nitrogen and oxygen atoms in total. The Labute approximate surface area is 116 Å². The van der Waals surface area contributed by atoms with Crippen molar-refractivity contribution < 1.29 is 19.3 Å². The Balaban J connectivity index is 2.11. The maximum Gasteiger partial charge on any atom is 0.319 e. The number of imide groups is 1. The molecule has 2 aromatic rings. The van der Waals surface area contributed by atoms with E-state index in [9.17, 15) is 9.59 Å². The van der Waals surface area contributed by atoms with Crippen molar-refractivity contribution in [1.29, 1.82) is 0 Å². The molecular formula is C14H16N3O3+. The van der Waals surface area contributed by atoms with Crippen molar-refractivity contribution in [2.75, 3.05) is 0 Å². The van der Waals surface area contributed by atoms with Crippen LogP contribution in [0.1, 0.15) is 17.4 Å². The first-order valence-corrected chi connectivity index (χ1v) is 6.18. The summed E-state index contributed by atoms with van der Waals surface area (Å²) in [6.07, 6.45) is 1.57. The molecule has 1 atom stereocenters. The maximum atomic E-state index is 12.0. The highest BCUT2D eigenvalue weighted by molar-refractivity contribution is 5.96. The van der Waals surface area contributed by atoms with Gasteiger partial charge in [0.15, 0.2) is 11.8 Å². The number of quaternary nitrogens is 1. The van der Waals surface area contributed by atoms with Crippen LogP contribution < -0.4 is 16.4 Å². The van der Waals surface area contributed by atoms with Crippen molar-refractivity contribution in [2.45, 2.75) is 12.6 Å². The molecule has 0 spiro atoms. The Kier molecular flexibility index (Phi) is 4.52. The van der Waals surface area contributed by atoms with Gasteiger partial charge in [0.05, 0.1) is 6.26 Å². The predicted octanol–water partition coefficient (Wildman–Crippen LogP) is 0.279. The Morgan fingerprint density at radius 2 is 1.95 bits per heavy atom. The minimum absolute atomic E-state index is 0.449. The summed E-state index contributed by atoms with van der Waals surface area (Å²) in [6, 6.07) is 11.4. The molecule has 0 unspecified atom stereocenters. The first-order chi connectivity index (χ1) is 9.66. The van der Waals surface area contributed by atoms with E-state index < -0.39 is 18.0 Å². The second-order valence-corrected chi connectivity index (χ2v) is 4.26. The molecule has 104 valence electrons. The average molecular weight is 274 g/mol. The van der Waals surface area contributed by atoms with Crippen LogP contribution in [0.5, 0.6) is 0 Å². The van der Waals surface area contributed by atoms with Crippen molar-refractivity contribution in [3.05, 3.63) is 60.1 Å².